The molecule has 0 unspecified atom stereocenters. The summed E-state index contributed by atoms with van der Waals surface area (Å²) in [6, 6.07) is -0.348. The van der Waals surface area contributed by atoms with Gasteiger partial charge in [0.15, 0.2) is 0 Å². The molecule has 0 radical (unpaired) electrons. The highest BCUT2D eigenvalue weighted by Gasteiger charge is 2.08. The van der Waals surface area contributed by atoms with Crippen LogP contribution < -0.4 is 16.8 Å². The molecule has 5 N–H and O–H groups in total. The molecule has 0 heterocycles. The van der Waals surface area contributed by atoms with Crippen LogP contribution in [-0.2, 0) is 4.79 Å². The Morgan fingerprint density at radius 1 is 1.29 bits per heavy atom. The number of carbonyl (C=O) groups excluding carboxylic acids is 1. The van der Waals surface area contributed by atoms with Gasteiger partial charge in [-0.2, -0.15) is 0 Å². The topological polar surface area (TPSA) is 81.1 Å². The van der Waals surface area contributed by atoms with E-state index in [0.29, 0.717) is 6.42 Å². The van der Waals surface area contributed by atoms with Crippen molar-refractivity contribution in [3.05, 3.63) is 0 Å². The number of rotatable bonds is 8. The molecule has 84 valence electrons. The average Bonchev–Trinajstić information content (AvgIpc) is 2.21. The molecule has 0 spiro atoms. The van der Waals surface area contributed by atoms with Crippen molar-refractivity contribution < 1.29 is 4.79 Å². The van der Waals surface area contributed by atoms with Crippen LogP contribution in [0.4, 0.5) is 0 Å². The molecule has 14 heavy (non-hydrogen) atoms. The fourth-order valence-corrected chi connectivity index (χ4v) is 1.15. The number of hydrogen-bond acceptors (Lipinski definition) is 3. The Bertz CT molecular complexity index is 150. The second-order valence-electron chi connectivity index (χ2n) is 3.51. The number of nitrogens with two attached hydrogens (primary N) is 2. The van der Waals surface area contributed by atoms with Crippen molar-refractivity contribution >= 4 is 5.91 Å². The van der Waals surface area contributed by atoms with Crippen molar-refractivity contribution in [2.75, 3.05) is 13.1 Å². The number of hydrogen-bond donors (Lipinski definition) is 3. The lowest BCUT2D eigenvalue weighted by Crippen LogP contribution is -2.40. The zero-order chi connectivity index (χ0) is 10.8. The van der Waals surface area contributed by atoms with E-state index in [1.165, 1.54) is 0 Å². The Kier molecular flexibility index (Phi) is 8.57. The van der Waals surface area contributed by atoms with Gasteiger partial charge in [-0.25, -0.2) is 0 Å². The van der Waals surface area contributed by atoms with Crippen LogP contribution >= 0.6 is 0 Å². The molecule has 0 rings (SSSR count). The summed E-state index contributed by atoms with van der Waals surface area (Å²) in [5, 5.41) is 2.82. The van der Waals surface area contributed by atoms with Crippen LogP contribution in [0.15, 0.2) is 0 Å². The van der Waals surface area contributed by atoms with Gasteiger partial charge in [0, 0.05) is 6.54 Å². The second kappa shape index (κ2) is 8.97. The highest BCUT2D eigenvalue weighted by Crippen LogP contribution is 1.97. The van der Waals surface area contributed by atoms with Gasteiger partial charge in [0.1, 0.15) is 0 Å². The maximum absolute atomic E-state index is 11.2. The van der Waals surface area contributed by atoms with Gasteiger partial charge >= 0.3 is 0 Å². The fraction of sp³-hybridized carbons (Fsp3) is 0.900. The molecule has 4 heteroatoms. The zero-order valence-corrected chi connectivity index (χ0v) is 9.09. The van der Waals surface area contributed by atoms with E-state index in [9.17, 15) is 4.79 Å². The molecule has 0 fully saturated rings. The summed E-state index contributed by atoms with van der Waals surface area (Å²) >= 11 is 0. The lowest BCUT2D eigenvalue weighted by atomic mass is 10.2. The van der Waals surface area contributed by atoms with Crippen molar-refractivity contribution in [1.82, 2.24) is 5.32 Å². The van der Waals surface area contributed by atoms with Gasteiger partial charge in [-0.3, -0.25) is 4.79 Å². The molecule has 0 saturated heterocycles. The largest absolute Gasteiger partial charge is 0.355 e. The monoisotopic (exact) mass is 201 g/mol. The average molecular weight is 201 g/mol. The van der Waals surface area contributed by atoms with Crippen LogP contribution in [0.1, 0.15) is 39.0 Å². The van der Waals surface area contributed by atoms with E-state index in [2.05, 4.69) is 5.32 Å². The summed E-state index contributed by atoms with van der Waals surface area (Å²) < 4.78 is 0. The van der Waals surface area contributed by atoms with E-state index in [4.69, 9.17) is 11.5 Å². The number of unbranched alkanes of at least 4 members (excludes halogenated alkanes) is 3. The van der Waals surface area contributed by atoms with E-state index >= 15 is 0 Å². The zero-order valence-electron chi connectivity index (χ0n) is 9.09. The molecule has 0 aromatic carbocycles. The highest BCUT2D eigenvalue weighted by atomic mass is 16.2. The smallest absolute Gasteiger partial charge is 0.236 e. The van der Waals surface area contributed by atoms with Crippen molar-refractivity contribution in [2.45, 2.75) is 45.1 Å². The van der Waals surface area contributed by atoms with Crippen LogP contribution in [-0.4, -0.2) is 25.0 Å². The lowest BCUT2D eigenvalue weighted by molar-refractivity contribution is -0.122. The summed E-state index contributed by atoms with van der Waals surface area (Å²) in [5.74, 6) is -0.0358. The minimum absolute atomic E-state index is 0.0358. The standard InChI is InChI=1S/C10H23N3O/c1-2-9(12)10(14)13-8-6-4-3-5-7-11/h9H,2-8,11-12H2,1H3,(H,13,14)/t9-/m0/s1. The van der Waals surface area contributed by atoms with Gasteiger partial charge < -0.3 is 16.8 Å². The van der Waals surface area contributed by atoms with Gasteiger partial charge in [-0.05, 0) is 25.8 Å². The molecule has 0 bridgehead atoms. The first-order chi connectivity index (χ1) is 6.72. The third-order valence-corrected chi connectivity index (χ3v) is 2.21. The summed E-state index contributed by atoms with van der Waals surface area (Å²) in [4.78, 5) is 11.2. The molecule has 0 aliphatic rings. The third kappa shape index (κ3) is 6.86. The Morgan fingerprint density at radius 2 is 1.93 bits per heavy atom. The molecular formula is C10H23N3O. The molecular weight excluding hydrogens is 178 g/mol. The summed E-state index contributed by atoms with van der Waals surface area (Å²) in [5.41, 5.74) is 10.9. The van der Waals surface area contributed by atoms with Crippen molar-refractivity contribution in [3.63, 3.8) is 0 Å². The maximum atomic E-state index is 11.2. The number of nitrogens with one attached hydrogen (secondary N) is 1. The molecule has 0 saturated carbocycles. The minimum Gasteiger partial charge on any atom is -0.355 e. The van der Waals surface area contributed by atoms with Gasteiger partial charge in [-0.1, -0.05) is 19.8 Å². The van der Waals surface area contributed by atoms with Crippen LogP contribution in [0.3, 0.4) is 0 Å². The maximum Gasteiger partial charge on any atom is 0.236 e. The van der Waals surface area contributed by atoms with Crippen LogP contribution in [0.2, 0.25) is 0 Å². The Balaban J connectivity index is 3.23. The second-order valence-corrected chi connectivity index (χ2v) is 3.51. The molecule has 4 nitrogen and oxygen atoms in total. The molecule has 1 amide bonds. The summed E-state index contributed by atoms with van der Waals surface area (Å²) in [6.45, 7) is 3.40. The Hall–Kier alpha value is -0.610. The predicted octanol–water partition coefficient (Wildman–Crippen LogP) is 0.359. The van der Waals surface area contributed by atoms with Crippen LogP contribution in [0, 0.1) is 0 Å². The summed E-state index contributed by atoms with van der Waals surface area (Å²) in [6.07, 6.45) is 5.05. The Morgan fingerprint density at radius 3 is 2.50 bits per heavy atom. The van der Waals surface area contributed by atoms with Gasteiger partial charge in [0.2, 0.25) is 5.91 Å². The molecule has 0 aliphatic carbocycles. The van der Waals surface area contributed by atoms with Crippen molar-refractivity contribution in [3.8, 4) is 0 Å². The van der Waals surface area contributed by atoms with Crippen molar-refractivity contribution in [1.29, 1.82) is 0 Å². The van der Waals surface area contributed by atoms with E-state index in [1.54, 1.807) is 0 Å². The first-order valence-electron chi connectivity index (χ1n) is 5.45. The van der Waals surface area contributed by atoms with E-state index in [-0.39, 0.29) is 11.9 Å². The minimum atomic E-state index is -0.348. The normalized spacial score (nSPS) is 12.5. The third-order valence-electron chi connectivity index (χ3n) is 2.21. The first kappa shape index (κ1) is 13.4. The van der Waals surface area contributed by atoms with Crippen LogP contribution in [0.25, 0.3) is 0 Å². The molecule has 0 aromatic heterocycles. The fourth-order valence-electron chi connectivity index (χ4n) is 1.15. The van der Waals surface area contributed by atoms with E-state index < -0.39 is 0 Å². The van der Waals surface area contributed by atoms with E-state index in [0.717, 1.165) is 38.8 Å². The van der Waals surface area contributed by atoms with Crippen LogP contribution in [0.5, 0.6) is 0 Å². The van der Waals surface area contributed by atoms with E-state index in [1.807, 2.05) is 6.92 Å². The summed E-state index contributed by atoms with van der Waals surface area (Å²) in [7, 11) is 0. The highest BCUT2D eigenvalue weighted by molar-refractivity contribution is 5.81. The van der Waals surface area contributed by atoms with Crippen molar-refractivity contribution in [2.24, 2.45) is 11.5 Å². The molecule has 0 aromatic rings. The van der Waals surface area contributed by atoms with Gasteiger partial charge in [0.05, 0.1) is 6.04 Å². The number of amides is 1. The lowest BCUT2D eigenvalue weighted by Gasteiger charge is -2.09. The Labute approximate surface area is 86.4 Å². The first-order valence-corrected chi connectivity index (χ1v) is 5.45. The quantitative estimate of drug-likeness (QED) is 0.496. The van der Waals surface area contributed by atoms with Gasteiger partial charge in [-0.15, -0.1) is 0 Å². The predicted molar refractivity (Wildman–Crippen MR) is 58.8 cm³/mol. The molecule has 1 atom stereocenters. The van der Waals surface area contributed by atoms with Gasteiger partial charge in [0.25, 0.3) is 0 Å². The molecule has 0 aliphatic heterocycles. The number of carbonyl (C=O) groups is 1. The SMILES string of the molecule is CC[C@H](N)C(=O)NCCCCCCN.